The highest BCUT2D eigenvalue weighted by molar-refractivity contribution is 8.13. The van der Waals surface area contributed by atoms with Gasteiger partial charge in [-0.2, -0.15) is 0 Å². The lowest BCUT2D eigenvalue weighted by Gasteiger charge is -2.25. The Morgan fingerprint density at radius 1 is 1.37 bits per heavy atom. The van der Waals surface area contributed by atoms with Crippen molar-refractivity contribution in [1.29, 1.82) is 0 Å². The van der Waals surface area contributed by atoms with E-state index in [0.29, 0.717) is 12.0 Å². The van der Waals surface area contributed by atoms with Crippen LogP contribution in [0.3, 0.4) is 0 Å². The number of amidine groups is 1. The molecule has 0 fully saturated rings. The zero-order valence-corrected chi connectivity index (χ0v) is 12.5. The smallest absolute Gasteiger partial charge is 0.157 e. The van der Waals surface area contributed by atoms with Crippen LogP contribution >= 0.6 is 11.8 Å². The lowest BCUT2D eigenvalue weighted by molar-refractivity contribution is 0.482. The van der Waals surface area contributed by atoms with Gasteiger partial charge in [-0.3, -0.25) is 4.99 Å². The van der Waals surface area contributed by atoms with Crippen LogP contribution < -0.4 is 5.32 Å². The van der Waals surface area contributed by atoms with Crippen LogP contribution in [0, 0.1) is 11.7 Å². The molecule has 1 aliphatic heterocycles. The highest BCUT2D eigenvalue weighted by Crippen LogP contribution is 2.23. The minimum atomic E-state index is -0.190. The fourth-order valence-corrected chi connectivity index (χ4v) is 3.16. The third kappa shape index (κ3) is 3.96. The second-order valence-corrected chi connectivity index (χ2v) is 6.39. The molecule has 0 radical (unpaired) electrons. The zero-order chi connectivity index (χ0) is 13.8. The molecule has 2 nitrogen and oxygen atoms in total. The average molecular weight is 280 g/mol. The number of halogens is 1. The fourth-order valence-electron chi connectivity index (χ4n) is 2.13. The molecule has 0 saturated heterocycles. The van der Waals surface area contributed by atoms with E-state index >= 15 is 0 Å². The average Bonchev–Trinajstić information content (AvgIpc) is 2.39. The van der Waals surface area contributed by atoms with Crippen molar-refractivity contribution in [2.75, 3.05) is 5.75 Å². The van der Waals surface area contributed by atoms with Crippen LogP contribution in [-0.4, -0.2) is 17.0 Å². The van der Waals surface area contributed by atoms with Crippen LogP contribution in [0.4, 0.5) is 4.39 Å². The van der Waals surface area contributed by atoms with Crippen molar-refractivity contribution in [3.05, 3.63) is 35.6 Å². The van der Waals surface area contributed by atoms with Crippen molar-refractivity contribution in [2.45, 2.75) is 39.3 Å². The molecule has 2 unspecified atom stereocenters. The van der Waals surface area contributed by atoms with Gasteiger partial charge in [0.2, 0.25) is 0 Å². The second-order valence-electron chi connectivity index (χ2n) is 5.30. The predicted octanol–water partition coefficient (Wildman–Crippen LogP) is 3.99. The lowest BCUT2D eigenvalue weighted by Crippen LogP contribution is -2.30. The Morgan fingerprint density at radius 3 is 2.84 bits per heavy atom. The quantitative estimate of drug-likeness (QED) is 0.905. The van der Waals surface area contributed by atoms with Crippen molar-refractivity contribution < 1.29 is 4.39 Å². The van der Waals surface area contributed by atoms with E-state index in [1.807, 2.05) is 13.0 Å². The first-order valence-electron chi connectivity index (χ1n) is 6.79. The number of hydrogen-bond donors (Lipinski definition) is 1. The first kappa shape index (κ1) is 14.4. The summed E-state index contributed by atoms with van der Waals surface area (Å²) in [5.41, 5.74) is 0.954. The molecule has 1 N–H and O–H groups in total. The van der Waals surface area contributed by atoms with Gasteiger partial charge >= 0.3 is 0 Å². The summed E-state index contributed by atoms with van der Waals surface area (Å²) in [6, 6.07) is 7.21. The van der Waals surface area contributed by atoms with Crippen molar-refractivity contribution >= 4 is 16.9 Å². The summed E-state index contributed by atoms with van der Waals surface area (Å²) in [5.74, 6) is 1.48. The summed E-state index contributed by atoms with van der Waals surface area (Å²) < 4.78 is 13.2. The molecule has 19 heavy (non-hydrogen) atoms. The zero-order valence-electron chi connectivity index (χ0n) is 11.7. The molecular formula is C15H21FN2S. The monoisotopic (exact) mass is 280 g/mol. The van der Waals surface area contributed by atoms with Crippen LogP contribution in [0.25, 0.3) is 0 Å². The summed E-state index contributed by atoms with van der Waals surface area (Å²) in [4.78, 5) is 4.74. The van der Waals surface area contributed by atoms with Gasteiger partial charge in [-0.1, -0.05) is 37.7 Å². The van der Waals surface area contributed by atoms with E-state index in [1.54, 1.807) is 23.9 Å². The van der Waals surface area contributed by atoms with Gasteiger partial charge in [0.25, 0.3) is 0 Å². The van der Waals surface area contributed by atoms with Gasteiger partial charge in [0, 0.05) is 5.75 Å². The summed E-state index contributed by atoms with van der Waals surface area (Å²) in [6.07, 6.45) is 1.14. The predicted molar refractivity (Wildman–Crippen MR) is 81.1 cm³/mol. The maximum atomic E-state index is 13.2. The maximum absolute atomic E-state index is 13.2. The molecule has 1 aromatic rings. The van der Waals surface area contributed by atoms with Gasteiger partial charge in [0.15, 0.2) is 5.17 Å². The normalized spacial score (nSPS) is 21.1. The van der Waals surface area contributed by atoms with Crippen LogP contribution in [0.15, 0.2) is 29.3 Å². The molecule has 0 aliphatic carbocycles. The number of thioether (sulfide) groups is 1. The molecule has 1 aliphatic rings. The van der Waals surface area contributed by atoms with E-state index in [4.69, 9.17) is 4.99 Å². The van der Waals surface area contributed by atoms with Gasteiger partial charge in [0.05, 0.1) is 12.1 Å². The molecule has 4 heteroatoms. The molecule has 1 heterocycles. The molecule has 0 spiro atoms. The lowest BCUT2D eigenvalue weighted by atomic mass is 10.0. The van der Waals surface area contributed by atoms with E-state index in [0.717, 1.165) is 22.9 Å². The van der Waals surface area contributed by atoms with Crippen LogP contribution in [0.1, 0.15) is 38.8 Å². The van der Waals surface area contributed by atoms with Crippen molar-refractivity contribution in [1.82, 2.24) is 5.32 Å². The first-order valence-corrected chi connectivity index (χ1v) is 7.77. The van der Waals surface area contributed by atoms with Crippen molar-refractivity contribution in [3.63, 3.8) is 0 Å². The summed E-state index contributed by atoms with van der Waals surface area (Å²) in [6.45, 7) is 6.45. The standard InChI is InChI=1S/C15H21FN2S/c1-10(2)14-7-8-19-15(18-14)17-11(3)12-5-4-6-13(16)9-12/h4-6,9-11,14H,7-8H2,1-3H3,(H,17,18). The second kappa shape index (κ2) is 6.42. The number of hydrogen-bond acceptors (Lipinski definition) is 3. The highest BCUT2D eigenvalue weighted by Gasteiger charge is 2.19. The van der Waals surface area contributed by atoms with Gasteiger partial charge in [-0.15, -0.1) is 0 Å². The molecule has 2 atom stereocenters. The van der Waals surface area contributed by atoms with E-state index in [-0.39, 0.29) is 11.9 Å². The SMILES string of the molecule is CC(NC1=NC(C(C)C)CCS1)c1cccc(F)c1. The van der Waals surface area contributed by atoms with Gasteiger partial charge in [0.1, 0.15) is 5.82 Å². The summed E-state index contributed by atoms with van der Waals surface area (Å²) in [5, 5.41) is 4.38. The summed E-state index contributed by atoms with van der Waals surface area (Å²) in [7, 11) is 0. The van der Waals surface area contributed by atoms with Crippen LogP contribution in [0.2, 0.25) is 0 Å². The molecule has 1 aromatic carbocycles. The van der Waals surface area contributed by atoms with E-state index < -0.39 is 0 Å². The van der Waals surface area contributed by atoms with Crippen LogP contribution in [0.5, 0.6) is 0 Å². The Hall–Kier alpha value is -1.03. The van der Waals surface area contributed by atoms with Crippen LogP contribution in [-0.2, 0) is 0 Å². The molecule has 0 amide bonds. The van der Waals surface area contributed by atoms with E-state index in [1.165, 1.54) is 6.07 Å². The van der Waals surface area contributed by atoms with Gasteiger partial charge in [-0.25, -0.2) is 4.39 Å². The third-order valence-corrected chi connectivity index (χ3v) is 4.33. The number of rotatable bonds is 3. The minimum Gasteiger partial charge on any atom is -0.358 e. The van der Waals surface area contributed by atoms with Crippen molar-refractivity contribution in [2.24, 2.45) is 10.9 Å². The van der Waals surface area contributed by atoms with E-state index in [2.05, 4.69) is 19.2 Å². The molecule has 104 valence electrons. The largest absolute Gasteiger partial charge is 0.358 e. The molecular weight excluding hydrogens is 259 g/mol. The Morgan fingerprint density at radius 2 is 2.16 bits per heavy atom. The number of benzene rings is 1. The number of nitrogens with one attached hydrogen (secondary N) is 1. The Bertz CT molecular complexity index is 459. The third-order valence-electron chi connectivity index (χ3n) is 3.39. The minimum absolute atomic E-state index is 0.0767. The number of aliphatic imine (C=N–C) groups is 1. The van der Waals surface area contributed by atoms with Gasteiger partial charge in [-0.05, 0) is 37.0 Å². The molecule has 0 bridgehead atoms. The highest BCUT2D eigenvalue weighted by atomic mass is 32.2. The Kier molecular flexibility index (Phi) is 4.86. The topological polar surface area (TPSA) is 24.4 Å². The molecule has 2 rings (SSSR count). The summed E-state index contributed by atoms with van der Waals surface area (Å²) >= 11 is 1.76. The van der Waals surface area contributed by atoms with Crippen molar-refractivity contribution in [3.8, 4) is 0 Å². The Labute approximate surface area is 118 Å². The first-order chi connectivity index (χ1) is 9.06. The molecule has 0 saturated carbocycles. The van der Waals surface area contributed by atoms with Gasteiger partial charge < -0.3 is 5.32 Å². The maximum Gasteiger partial charge on any atom is 0.157 e. The Balaban J connectivity index is 2.04. The number of nitrogens with zero attached hydrogens (tertiary/aromatic N) is 1. The molecule has 0 aromatic heterocycles. The van der Waals surface area contributed by atoms with E-state index in [9.17, 15) is 4.39 Å². The fraction of sp³-hybridized carbons (Fsp3) is 0.533.